The maximum Gasteiger partial charge on any atom is 0.358 e. The van der Waals surface area contributed by atoms with E-state index in [4.69, 9.17) is 20.0 Å². The first-order valence-electron chi connectivity index (χ1n) is 11.0. The molecule has 0 spiro atoms. The zero-order chi connectivity index (χ0) is 28.1. The van der Waals surface area contributed by atoms with Gasteiger partial charge in [0.25, 0.3) is 11.8 Å². The third-order valence-electron chi connectivity index (χ3n) is 5.04. The van der Waals surface area contributed by atoms with Gasteiger partial charge in [-0.25, -0.2) is 9.78 Å². The summed E-state index contributed by atoms with van der Waals surface area (Å²) in [6.45, 7) is 2.57. The summed E-state index contributed by atoms with van der Waals surface area (Å²) in [5.74, 6) is -2.39. The molecule has 2 aliphatic heterocycles. The molecule has 0 aromatic carbocycles. The topological polar surface area (TPSA) is 188 Å². The SMILES string of the molecule is CON=C(C(=O)N[C@@H]1C(=O)N2C(C(=O)OC(C)OC(C)=O)=C(/C=C/Sc3cnns3)CS[C@H]12)c1csc(N)n1. The lowest BCUT2D eigenvalue weighted by Crippen LogP contribution is -2.71. The number of carbonyl (C=O) groups excluding carboxylic acids is 4. The minimum Gasteiger partial charge on any atom is -0.426 e. The Labute approximate surface area is 238 Å². The summed E-state index contributed by atoms with van der Waals surface area (Å²) in [6, 6.07) is -0.961. The minimum atomic E-state index is -1.18. The molecule has 2 aliphatic rings. The third kappa shape index (κ3) is 6.57. The molecule has 1 unspecified atom stereocenters. The number of anilines is 1. The molecule has 18 heteroatoms. The van der Waals surface area contributed by atoms with Gasteiger partial charge in [-0.15, -0.1) is 28.2 Å². The lowest BCUT2D eigenvalue weighted by molar-refractivity contribution is -0.182. The van der Waals surface area contributed by atoms with Crippen molar-refractivity contribution in [2.75, 3.05) is 18.6 Å². The number of ether oxygens (including phenoxy) is 2. The highest BCUT2D eigenvalue weighted by Crippen LogP contribution is 2.41. The molecule has 2 aromatic rings. The molecule has 3 N–H and O–H groups in total. The van der Waals surface area contributed by atoms with Crippen molar-refractivity contribution < 1.29 is 33.5 Å². The number of amides is 2. The molecule has 4 rings (SSSR count). The highest BCUT2D eigenvalue weighted by molar-refractivity contribution is 8.03. The van der Waals surface area contributed by atoms with Gasteiger partial charge in [-0.2, -0.15) is 0 Å². The van der Waals surface area contributed by atoms with Crippen molar-refractivity contribution in [1.82, 2.24) is 24.8 Å². The number of carbonyl (C=O) groups is 4. The number of hydrogen-bond donors (Lipinski definition) is 2. The van der Waals surface area contributed by atoms with Crippen LogP contribution in [0.2, 0.25) is 0 Å². The van der Waals surface area contributed by atoms with Crippen molar-refractivity contribution in [1.29, 1.82) is 0 Å². The molecular weight excluding hydrogens is 591 g/mol. The summed E-state index contributed by atoms with van der Waals surface area (Å²) < 4.78 is 14.8. The Hall–Kier alpha value is -3.48. The van der Waals surface area contributed by atoms with Crippen LogP contribution < -0.4 is 11.1 Å². The van der Waals surface area contributed by atoms with E-state index in [0.717, 1.165) is 15.5 Å². The average Bonchev–Trinajstić information content (AvgIpc) is 3.56. The lowest BCUT2D eigenvalue weighted by atomic mass is 10.0. The quantitative estimate of drug-likeness (QED) is 0.0979. The number of esters is 2. The summed E-state index contributed by atoms with van der Waals surface area (Å²) in [6.07, 6.45) is 2.11. The highest BCUT2D eigenvalue weighted by Gasteiger charge is 2.54. The zero-order valence-corrected chi connectivity index (χ0v) is 23.8. The molecule has 0 aliphatic carbocycles. The average molecular weight is 612 g/mol. The summed E-state index contributed by atoms with van der Waals surface area (Å²) in [5.41, 5.74) is 6.22. The van der Waals surface area contributed by atoms with Crippen molar-refractivity contribution in [2.45, 2.75) is 35.8 Å². The smallest absolute Gasteiger partial charge is 0.358 e. The zero-order valence-electron chi connectivity index (χ0n) is 20.6. The van der Waals surface area contributed by atoms with E-state index in [1.54, 1.807) is 17.7 Å². The Balaban J connectivity index is 1.55. The number of oxime groups is 1. The molecular formula is C21H21N7O7S4. The monoisotopic (exact) mass is 611 g/mol. The van der Waals surface area contributed by atoms with Crippen LogP contribution in [-0.2, 0) is 33.5 Å². The first kappa shape index (κ1) is 28.5. The van der Waals surface area contributed by atoms with E-state index in [0.29, 0.717) is 11.3 Å². The van der Waals surface area contributed by atoms with Crippen LogP contribution in [0.15, 0.2) is 43.7 Å². The standard InChI is InChI=1S/C21H21N7O7S4/c1-9(29)34-10(2)35-20(32)16-11(4-5-36-13-6-23-27-39-13)7-37-19-15(18(31)28(16)19)25-17(30)14(26-33-3)12-8-38-21(22)24-12/h4-6,8,10,15,19H,7H2,1-3H3,(H2,22,24)(H,25,30)/b5-4+,26-14?/t10?,15-,19-/m1/s1. The van der Waals surface area contributed by atoms with Gasteiger partial charge in [0.05, 0.1) is 6.20 Å². The Morgan fingerprint density at radius 2 is 2.15 bits per heavy atom. The van der Waals surface area contributed by atoms with E-state index in [9.17, 15) is 19.2 Å². The first-order chi connectivity index (χ1) is 18.7. The number of fused-ring (bicyclic) bond motifs is 1. The predicted octanol–water partition coefficient (Wildman–Crippen LogP) is 1.34. The van der Waals surface area contributed by atoms with Gasteiger partial charge in [0, 0.05) is 25.0 Å². The van der Waals surface area contributed by atoms with Gasteiger partial charge < -0.3 is 25.4 Å². The van der Waals surface area contributed by atoms with Crippen LogP contribution in [-0.4, -0.2) is 79.5 Å². The van der Waals surface area contributed by atoms with Crippen LogP contribution in [0.4, 0.5) is 5.13 Å². The number of nitrogens with one attached hydrogen (secondary N) is 1. The van der Waals surface area contributed by atoms with Crippen molar-refractivity contribution in [3.8, 4) is 0 Å². The second-order valence-electron chi connectivity index (χ2n) is 7.67. The van der Waals surface area contributed by atoms with Gasteiger partial charge in [0.15, 0.2) is 10.8 Å². The fraction of sp³-hybridized carbons (Fsp3) is 0.333. The predicted molar refractivity (Wildman–Crippen MR) is 144 cm³/mol. The fourth-order valence-electron chi connectivity index (χ4n) is 3.52. The normalized spacial score (nSPS) is 19.8. The summed E-state index contributed by atoms with van der Waals surface area (Å²) in [4.78, 5) is 60.8. The van der Waals surface area contributed by atoms with E-state index in [1.807, 2.05) is 0 Å². The largest absolute Gasteiger partial charge is 0.426 e. The van der Waals surface area contributed by atoms with Crippen LogP contribution in [0.1, 0.15) is 19.5 Å². The van der Waals surface area contributed by atoms with Crippen molar-refractivity contribution in [3.63, 3.8) is 0 Å². The Morgan fingerprint density at radius 1 is 1.36 bits per heavy atom. The van der Waals surface area contributed by atoms with Crippen LogP contribution in [0.3, 0.4) is 0 Å². The number of nitrogens with two attached hydrogens (primary N) is 1. The van der Waals surface area contributed by atoms with Gasteiger partial charge in [-0.05, 0) is 28.6 Å². The van der Waals surface area contributed by atoms with E-state index >= 15 is 0 Å². The van der Waals surface area contributed by atoms with Crippen molar-refractivity contribution in [2.24, 2.45) is 5.16 Å². The number of hydrogen-bond acceptors (Lipinski definition) is 16. The Bertz CT molecular complexity index is 1360. The molecule has 2 aromatic heterocycles. The summed E-state index contributed by atoms with van der Waals surface area (Å²) >= 11 is 5.02. The van der Waals surface area contributed by atoms with Crippen molar-refractivity contribution >= 4 is 81.0 Å². The van der Waals surface area contributed by atoms with Crippen LogP contribution >= 0.6 is 46.4 Å². The van der Waals surface area contributed by atoms with Crippen LogP contribution in [0.25, 0.3) is 0 Å². The molecule has 2 amide bonds. The molecule has 39 heavy (non-hydrogen) atoms. The number of thiazole rings is 1. The van der Waals surface area contributed by atoms with Gasteiger partial charge >= 0.3 is 11.9 Å². The Morgan fingerprint density at radius 3 is 2.79 bits per heavy atom. The Kier molecular flexibility index (Phi) is 9.20. The van der Waals surface area contributed by atoms with Crippen molar-refractivity contribution in [3.05, 3.63) is 40.0 Å². The van der Waals surface area contributed by atoms with Gasteiger partial charge in [-0.1, -0.05) is 21.4 Å². The maximum absolute atomic E-state index is 13.3. The van der Waals surface area contributed by atoms with E-state index < -0.39 is 41.5 Å². The molecule has 0 saturated carbocycles. The number of allylic oxidation sites excluding steroid dienone is 1. The number of nitrogens with zero attached hydrogens (tertiary/aromatic N) is 5. The summed E-state index contributed by atoms with van der Waals surface area (Å²) in [7, 11) is 1.27. The van der Waals surface area contributed by atoms with Gasteiger partial charge in [0.2, 0.25) is 6.29 Å². The number of thioether (sulfide) groups is 2. The summed E-state index contributed by atoms with van der Waals surface area (Å²) in [5, 5.41) is 13.1. The second kappa shape index (κ2) is 12.6. The highest BCUT2D eigenvalue weighted by atomic mass is 32.2. The third-order valence-corrected chi connectivity index (χ3v) is 8.60. The van der Waals surface area contributed by atoms with Gasteiger partial charge in [0.1, 0.15) is 34.1 Å². The molecule has 0 bridgehead atoms. The molecule has 3 atom stereocenters. The first-order valence-corrected chi connectivity index (χ1v) is 14.6. The second-order valence-corrected chi connectivity index (χ2v) is 11.7. The van der Waals surface area contributed by atoms with E-state index in [2.05, 4.69) is 25.0 Å². The molecule has 1 saturated heterocycles. The number of rotatable bonds is 10. The molecule has 4 heterocycles. The van der Waals surface area contributed by atoms with E-state index in [-0.39, 0.29) is 22.2 Å². The van der Waals surface area contributed by atoms with Gasteiger partial charge in [-0.3, -0.25) is 19.3 Å². The fourth-order valence-corrected chi connectivity index (χ4v) is 6.57. The molecule has 0 radical (unpaired) electrons. The lowest BCUT2D eigenvalue weighted by Gasteiger charge is -2.49. The molecule has 206 valence electrons. The molecule has 1 fully saturated rings. The van der Waals surface area contributed by atoms with Crippen LogP contribution in [0, 0.1) is 0 Å². The van der Waals surface area contributed by atoms with E-state index in [1.165, 1.54) is 66.3 Å². The maximum atomic E-state index is 13.3. The molecule has 14 nitrogen and oxygen atoms in total. The number of aromatic nitrogens is 3. The number of nitrogen functional groups attached to an aromatic ring is 1. The van der Waals surface area contributed by atoms with Crippen LogP contribution in [0.5, 0.6) is 0 Å². The minimum absolute atomic E-state index is 0.00872. The number of β-lactam (4-membered cyclic amide) rings is 1.